The van der Waals surface area contributed by atoms with Crippen LogP contribution in [-0.2, 0) is 4.79 Å². The third kappa shape index (κ3) is 10.7. The van der Waals surface area contributed by atoms with Crippen LogP contribution in [0.1, 0.15) is 9.27 Å². The van der Waals surface area contributed by atoms with Gasteiger partial charge in [0.2, 0.25) is 0 Å². The summed E-state index contributed by atoms with van der Waals surface area (Å²) >= 11 is 0. The SMILES string of the molecule is C=CCC(=O)O.[Ca+2].[H-].[H-]. The summed E-state index contributed by atoms with van der Waals surface area (Å²) in [5.41, 5.74) is 0. The van der Waals surface area contributed by atoms with Gasteiger partial charge in [0.05, 0.1) is 6.42 Å². The van der Waals surface area contributed by atoms with Crippen molar-refractivity contribution in [2.75, 3.05) is 0 Å². The molecule has 0 fully saturated rings. The number of hydrogen-bond donors (Lipinski definition) is 1. The maximum absolute atomic E-state index is 9.53. The molecule has 0 unspecified atom stereocenters. The van der Waals surface area contributed by atoms with E-state index in [1.165, 1.54) is 6.08 Å². The van der Waals surface area contributed by atoms with Gasteiger partial charge in [0.1, 0.15) is 0 Å². The molecule has 0 rings (SSSR count). The molecule has 0 aliphatic rings. The molecule has 7 heavy (non-hydrogen) atoms. The first-order valence-electron chi connectivity index (χ1n) is 1.60. The van der Waals surface area contributed by atoms with Crippen molar-refractivity contribution in [2.24, 2.45) is 0 Å². The van der Waals surface area contributed by atoms with E-state index in [-0.39, 0.29) is 47.0 Å². The van der Waals surface area contributed by atoms with Gasteiger partial charge < -0.3 is 7.96 Å². The van der Waals surface area contributed by atoms with Crippen LogP contribution in [0.2, 0.25) is 0 Å². The zero-order chi connectivity index (χ0) is 4.99. The number of hydrogen-bond acceptors (Lipinski definition) is 1. The van der Waals surface area contributed by atoms with E-state index < -0.39 is 5.97 Å². The number of carboxylic acids is 1. The molecular weight excluding hydrogens is 120 g/mol. The Morgan fingerprint density at radius 3 is 2.43 bits per heavy atom. The second-order valence-electron chi connectivity index (χ2n) is 0.887. The first-order valence-corrected chi connectivity index (χ1v) is 1.60. The van der Waals surface area contributed by atoms with E-state index in [1.54, 1.807) is 0 Å². The van der Waals surface area contributed by atoms with Crippen molar-refractivity contribution in [3.05, 3.63) is 12.7 Å². The summed E-state index contributed by atoms with van der Waals surface area (Å²) in [7, 11) is 0. The quantitative estimate of drug-likeness (QED) is 0.434. The molecule has 0 aromatic carbocycles. The Morgan fingerprint density at radius 2 is 2.43 bits per heavy atom. The van der Waals surface area contributed by atoms with E-state index in [2.05, 4.69) is 6.58 Å². The molecule has 0 aromatic rings. The Kier molecular flexibility index (Phi) is 9.66. The molecule has 0 radical (unpaired) electrons. The van der Waals surface area contributed by atoms with Gasteiger partial charge in [-0.25, -0.2) is 0 Å². The number of aliphatic carboxylic acids is 1. The fourth-order valence-corrected chi connectivity index (χ4v) is 0.123. The van der Waals surface area contributed by atoms with Gasteiger partial charge in [0.25, 0.3) is 0 Å². The van der Waals surface area contributed by atoms with Gasteiger partial charge in [-0.2, -0.15) is 0 Å². The summed E-state index contributed by atoms with van der Waals surface area (Å²) in [6.07, 6.45) is 1.41. The summed E-state index contributed by atoms with van der Waals surface area (Å²) in [6, 6.07) is 0. The van der Waals surface area contributed by atoms with Crippen LogP contribution in [-0.4, -0.2) is 48.8 Å². The zero-order valence-electron chi connectivity index (χ0n) is 6.05. The topological polar surface area (TPSA) is 37.3 Å². The molecule has 0 atom stereocenters. The van der Waals surface area contributed by atoms with Crippen molar-refractivity contribution in [1.29, 1.82) is 0 Å². The number of rotatable bonds is 2. The van der Waals surface area contributed by atoms with Gasteiger partial charge in [0.15, 0.2) is 0 Å². The van der Waals surface area contributed by atoms with E-state index in [4.69, 9.17) is 5.11 Å². The monoisotopic (exact) mass is 128 g/mol. The number of carboxylic acid groups (broad SMARTS) is 1. The standard InChI is InChI=1S/C4H6O2.Ca.2H/c1-2-3-4(5)6;;;/h2H,1,3H2,(H,5,6);;;/q;+2;2*-1. The third-order valence-electron chi connectivity index (χ3n) is 0.319. The fraction of sp³-hybridized carbons (Fsp3) is 0.250. The Labute approximate surface area is 75.2 Å². The van der Waals surface area contributed by atoms with E-state index in [9.17, 15) is 4.79 Å². The molecule has 0 saturated heterocycles. The van der Waals surface area contributed by atoms with Crippen molar-refractivity contribution >= 4 is 43.7 Å². The molecule has 1 N–H and O–H groups in total. The first-order chi connectivity index (χ1) is 2.77. The average Bonchev–Trinajstić information content (AvgIpc) is 1.35. The van der Waals surface area contributed by atoms with Crippen LogP contribution in [0.25, 0.3) is 0 Å². The van der Waals surface area contributed by atoms with Gasteiger partial charge in [-0.05, 0) is 0 Å². The van der Waals surface area contributed by atoms with Crippen LogP contribution in [0.15, 0.2) is 12.7 Å². The molecule has 0 amide bonds. The van der Waals surface area contributed by atoms with Gasteiger partial charge in [-0.15, -0.1) is 6.58 Å². The molecule has 0 heterocycles. The fourth-order valence-electron chi connectivity index (χ4n) is 0.123. The van der Waals surface area contributed by atoms with Crippen LogP contribution in [0.3, 0.4) is 0 Å². The summed E-state index contributed by atoms with van der Waals surface area (Å²) < 4.78 is 0. The second-order valence-corrected chi connectivity index (χ2v) is 0.887. The molecule has 0 aliphatic heterocycles. The van der Waals surface area contributed by atoms with E-state index >= 15 is 0 Å². The molecule has 2 nitrogen and oxygen atoms in total. The van der Waals surface area contributed by atoms with Gasteiger partial charge >= 0.3 is 43.7 Å². The molecule has 0 aliphatic carbocycles. The Morgan fingerprint density at radius 1 is 2.00 bits per heavy atom. The predicted molar refractivity (Wildman–Crippen MR) is 30.4 cm³/mol. The Hall–Kier alpha value is 0.470. The van der Waals surface area contributed by atoms with Crippen molar-refractivity contribution in [2.45, 2.75) is 6.42 Å². The zero-order valence-corrected chi connectivity index (χ0v) is 6.26. The van der Waals surface area contributed by atoms with Crippen molar-refractivity contribution < 1.29 is 12.8 Å². The van der Waals surface area contributed by atoms with Crippen LogP contribution in [0.4, 0.5) is 0 Å². The Bertz CT molecular complexity index is 77.0. The van der Waals surface area contributed by atoms with Crippen LogP contribution < -0.4 is 0 Å². The molecule has 0 aromatic heterocycles. The third-order valence-corrected chi connectivity index (χ3v) is 0.319. The minimum absolute atomic E-state index is 0. The second kappa shape index (κ2) is 6.47. The van der Waals surface area contributed by atoms with Crippen LogP contribution in [0.5, 0.6) is 0 Å². The van der Waals surface area contributed by atoms with E-state index in [0.29, 0.717) is 0 Å². The van der Waals surface area contributed by atoms with E-state index in [0.717, 1.165) is 0 Å². The van der Waals surface area contributed by atoms with Gasteiger partial charge in [-0.1, -0.05) is 6.08 Å². The van der Waals surface area contributed by atoms with Crippen molar-refractivity contribution in [3.63, 3.8) is 0 Å². The average molecular weight is 128 g/mol. The van der Waals surface area contributed by atoms with E-state index in [1.807, 2.05) is 0 Å². The summed E-state index contributed by atoms with van der Waals surface area (Å²) in [4.78, 5) is 9.53. The minimum Gasteiger partial charge on any atom is -1.00 e. The molecule has 3 heteroatoms. The van der Waals surface area contributed by atoms with Crippen LogP contribution in [0, 0.1) is 0 Å². The summed E-state index contributed by atoms with van der Waals surface area (Å²) in [6.45, 7) is 3.22. The molecule has 38 valence electrons. The molecule has 0 spiro atoms. The largest absolute Gasteiger partial charge is 2.00 e. The molecule has 0 bridgehead atoms. The smallest absolute Gasteiger partial charge is 1.00 e. The van der Waals surface area contributed by atoms with Crippen LogP contribution >= 0.6 is 0 Å². The van der Waals surface area contributed by atoms with Crippen molar-refractivity contribution in [3.8, 4) is 0 Å². The van der Waals surface area contributed by atoms with Gasteiger partial charge in [0, 0.05) is 0 Å². The maximum Gasteiger partial charge on any atom is 2.00 e. The first kappa shape index (κ1) is 10.5. The molecule has 0 saturated carbocycles. The van der Waals surface area contributed by atoms with Gasteiger partial charge in [-0.3, -0.25) is 4.79 Å². The normalized spacial score (nSPS) is 6.29. The Balaban J connectivity index is -0.0000000417. The minimum atomic E-state index is -0.829. The summed E-state index contributed by atoms with van der Waals surface area (Å²) in [5.74, 6) is -0.829. The number of carbonyl (C=O) groups is 1. The van der Waals surface area contributed by atoms with Crippen molar-refractivity contribution in [1.82, 2.24) is 0 Å². The summed E-state index contributed by atoms with van der Waals surface area (Å²) in [5, 5.41) is 7.84. The predicted octanol–water partition coefficient (Wildman–Crippen LogP) is 0.491. The maximum atomic E-state index is 9.53. The molecular formula is C4H8CaO2.